The summed E-state index contributed by atoms with van der Waals surface area (Å²) < 4.78 is 5.19. The van der Waals surface area contributed by atoms with Gasteiger partial charge in [-0.25, -0.2) is 0 Å². The number of carbonyl (C=O) groups is 1. The first-order valence-electron chi connectivity index (χ1n) is 7.03. The van der Waals surface area contributed by atoms with Gasteiger partial charge in [0.05, 0.1) is 13.0 Å². The van der Waals surface area contributed by atoms with Crippen LogP contribution in [0.4, 0.5) is 0 Å². The average Bonchev–Trinajstić information content (AvgIpc) is 2.42. The Hall–Kier alpha value is -1.51. The fourth-order valence-electron chi connectivity index (χ4n) is 2.23. The quantitative estimate of drug-likeness (QED) is 0.688. The molecule has 0 bridgehead atoms. The Morgan fingerprint density at radius 2 is 2.11 bits per heavy atom. The molecule has 0 aliphatic rings. The second kappa shape index (κ2) is 8.57. The van der Waals surface area contributed by atoms with E-state index in [1.165, 1.54) is 5.56 Å². The Morgan fingerprint density at radius 1 is 1.32 bits per heavy atom. The van der Waals surface area contributed by atoms with E-state index in [9.17, 15) is 4.79 Å². The van der Waals surface area contributed by atoms with Crippen molar-refractivity contribution in [3.05, 3.63) is 29.8 Å². The molecule has 0 aliphatic carbocycles. The van der Waals surface area contributed by atoms with Crippen LogP contribution in [0.3, 0.4) is 0 Å². The molecule has 1 aromatic carbocycles. The van der Waals surface area contributed by atoms with Crippen LogP contribution in [0.1, 0.15) is 44.6 Å². The van der Waals surface area contributed by atoms with E-state index >= 15 is 0 Å². The zero-order valence-corrected chi connectivity index (χ0v) is 11.9. The van der Waals surface area contributed by atoms with Crippen LogP contribution in [-0.4, -0.2) is 18.2 Å². The zero-order valence-electron chi connectivity index (χ0n) is 11.9. The van der Waals surface area contributed by atoms with Gasteiger partial charge in [-0.05, 0) is 43.4 Å². The predicted molar refractivity (Wildman–Crippen MR) is 76.6 cm³/mol. The van der Waals surface area contributed by atoms with Crippen LogP contribution in [-0.2, 0) is 11.2 Å². The minimum atomic E-state index is -0.657. The van der Waals surface area contributed by atoms with Gasteiger partial charge in [0.15, 0.2) is 0 Å². The van der Waals surface area contributed by atoms with Gasteiger partial charge in [-0.3, -0.25) is 4.79 Å². The Morgan fingerprint density at radius 3 is 2.74 bits per heavy atom. The maximum atomic E-state index is 10.9. The summed E-state index contributed by atoms with van der Waals surface area (Å²) in [5.41, 5.74) is 1.28. The van der Waals surface area contributed by atoms with Gasteiger partial charge in [0.1, 0.15) is 5.75 Å². The van der Waals surface area contributed by atoms with Crippen molar-refractivity contribution in [2.24, 2.45) is 5.92 Å². The van der Waals surface area contributed by atoms with E-state index in [0.717, 1.165) is 44.3 Å². The molecule has 3 nitrogen and oxygen atoms in total. The molecule has 0 radical (unpaired) electrons. The fourth-order valence-corrected chi connectivity index (χ4v) is 2.23. The molecule has 0 aliphatic heterocycles. The highest BCUT2D eigenvalue weighted by Gasteiger charge is 2.13. The van der Waals surface area contributed by atoms with Crippen molar-refractivity contribution in [3.63, 3.8) is 0 Å². The summed E-state index contributed by atoms with van der Waals surface area (Å²) in [6.45, 7) is 1.94. The van der Waals surface area contributed by atoms with Crippen molar-refractivity contribution in [1.82, 2.24) is 0 Å². The lowest BCUT2D eigenvalue weighted by Crippen LogP contribution is -2.12. The van der Waals surface area contributed by atoms with Crippen molar-refractivity contribution in [2.75, 3.05) is 7.11 Å². The molecule has 0 fully saturated rings. The highest BCUT2D eigenvalue weighted by molar-refractivity contribution is 5.69. The van der Waals surface area contributed by atoms with Gasteiger partial charge in [-0.15, -0.1) is 0 Å². The first kappa shape index (κ1) is 15.5. The molecule has 0 saturated heterocycles. The van der Waals surface area contributed by atoms with Crippen LogP contribution >= 0.6 is 0 Å². The Bertz CT molecular complexity index is 387. The third-order valence-electron chi connectivity index (χ3n) is 3.49. The number of carboxylic acid groups (broad SMARTS) is 1. The number of aryl methyl sites for hydroxylation is 1. The standard InChI is InChI=1S/C16H24O3/c1-3-14(16(17)18)10-6-4-5-8-13-9-7-11-15(12-13)19-2/h7,9,11-12,14H,3-6,8,10H2,1-2H3,(H,17,18). The minimum Gasteiger partial charge on any atom is -0.497 e. The summed E-state index contributed by atoms with van der Waals surface area (Å²) in [5, 5.41) is 8.95. The molecule has 19 heavy (non-hydrogen) atoms. The second-order valence-corrected chi connectivity index (χ2v) is 4.89. The lowest BCUT2D eigenvalue weighted by molar-refractivity contribution is -0.142. The van der Waals surface area contributed by atoms with E-state index < -0.39 is 5.97 Å². The molecule has 1 atom stereocenters. The number of unbranched alkanes of at least 4 members (excludes halogenated alkanes) is 2. The van der Waals surface area contributed by atoms with Crippen molar-refractivity contribution in [2.45, 2.75) is 45.4 Å². The van der Waals surface area contributed by atoms with E-state index in [4.69, 9.17) is 9.84 Å². The van der Waals surface area contributed by atoms with Crippen LogP contribution < -0.4 is 4.74 Å². The Kier molecular flexibility index (Phi) is 7.01. The van der Waals surface area contributed by atoms with Crippen LogP contribution in [0.15, 0.2) is 24.3 Å². The van der Waals surface area contributed by atoms with Gasteiger partial charge in [0.2, 0.25) is 0 Å². The molecule has 106 valence electrons. The summed E-state index contributed by atoms with van der Waals surface area (Å²) in [6.07, 6.45) is 5.73. The van der Waals surface area contributed by atoms with Crippen molar-refractivity contribution >= 4 is 5.97 Å². The van der Waals surface area contributed by atoms with Gasteiger partial charge < -0.3 is 9.84 Å². The van der Waals surface area contributed by atoms with E-state index in [1.807, 2.05) is 19.1 Å². The number of hydrogen-bond acceptors (Lipinski definition) is 2. The molecule has 3 heteroatoms. The number of aliphatic carboxylic acids is 1. The topological polar surface area (TPSA) is 46.5 Å². The lowest BCUT2D eigenvalue weighted by atomic mass is 9.98. The normalized spacial score (nSPS) is 12.1. The zero-order chi connectivity index (χ0) is 14.1. The Labute approximate surface area is 115 Å². The predicted octanol–water partition coefficient (Wildman–Crippen LogP) is 3.91. The smallest absolute Gasteiger partial charge is 0.306 e. The van der Waals surface area contributed by atoms with Crippen LogP contribution in [0, 0.1) is 5.92 Å². The first-order valence-corrected chi connectivity index (χ1v) is 7.03. The van der Waals surface area contributed by atoms with Crippen molar-refractivity contribution in [1.29, 1.82) is 0 Å². The number of hydrogen-bond donors (Lipinski definition) is 1. The van der Waals surface area contributed by atoms with E-state index in [2.05, 4.69) is 12.1 Å². The number of benzene rings is 1. The SMILES string of the molecule is CCC(CCCCCc1cccc(OC)c1)C(=O)O. The van der Waals surface area contributed by atoms with E-state index in [1.54, 1.807) is 7.11 Å². The number of methoxy groups -OCH3 is 1. The van der Waals surface area contributed by atoms with Gasteiger partial charge in [0.25, 0.3) is 0 Å². The maximum absolute atomic E-state index is 10.9. The van der Waals surface area contributed by atoms with Crippen LogP contribution in [0.2, 0.25) is 0 Å². The molecule has 0 amide bonds. The molecule has 0 spiro atoms. The van der Waals surface area contributed by atoms with Crippen LogP contribution in [0.25, 0.3) is 0 Å². The number of rotatable bonds is 9. The molecule has 1 unspecified atom stereocenters. The molecule has 1 aromatic rings. The van der Waals surface area contributed by atoms with Gasteiger partial charge in [0, 0.05) is 0 Å². The average molecular weight is 264 g/mol. The largest absolute Gasteiger partial charge is 0.497 e. The first-order chi connectivity index (χ1) is 9.17. The molecule has 1 rings (SSSR count). The van der Waals surface area contributed by atoms with Crippen LogP contribution in [0.5, 0.6) is 5.75 Å². The Balaban J connectivity index is 2.21. The fraction of sp³-hybridized carbons (Fsp3) is 0.562. The highest BCUT2D eigenvalue weighted by Crippen LogP contribution is 2.17. The maximum Gasteiger partial charge on any atom is 0.306 e. The molecular weight excluding hydrogens is 240 g/mol. The molecule has 0 saturated carbocycles. The van der Waals surface area contributed by atoms with Gasteiger partial charge >= 0.3 is 5.97 Å². The lowest BCUT2D eigenvalue weighted by Gasteiger charge is -2.09. The third-order valence-corrected chi connectivity index (χ3v) is 3.49. The summed E-state index contributed by atoms with van der Waals surface area (Å²) in [5.74, 6) is 0.0709. The third kappa shape index (κ3) is 5.77. The summed E-state index contributed by atoms with van der Waals surface area (Å²) in [7, 11) is 1.68. The minimum absolute atomic E-state index is 0.170. The van der Waals surface area contributed by atoms with E-state index in [-0.39, 0.29) is 5.92 Å². The van der Waals surface area contributed by atoms with E-state index in [0.29, 0.717) is 0 Å². The summed E-state index contributed by atoms with van der Waals surface area (Å²) in [4.78, 5) is 10.9. The second-order valence-electron chi connectivity index (χ2n) is 4.89. The van der Waals surface area contributed by atoms with Gasteiger partial charge in [-0.2, -0.15) is 0 Å². The molecule has 0 heterocycles. The van der Waals surface area contributed by atoms with Gasteiger partial charge in [-0.1, -0.05) is 31.9 Å². The number of ether oxygens (including phenoxy) is 1. The highest BCUT2D eigenvalue weighted by atomic mass is 16.5. The number of carboxylic acids is 1. The van der Waals surface area contributed by atoms with Crippen molar-refractivity contribution in [3.8, 4) is 5.75 Å². The molecular formula is C16H24O3. The molecule has 1 N–H and O–H groups in total. The summed E-state index contributed by atoms with van der Waals surface area (Å²) in [6, 6.07) is 8.12. The summed E-state index contributed by atoms with van der Waals surface area (Å²) >= 11 is 0. The molecule has 0 aromatic heterocycles. The van der Waals surface area contributed by atoms with Crippen molar-refractivity contribution < 1.29 is 14.6 Å². The monoisotopic (exact) mass is 264 g/mol.